The Morgan fingerprint density at radius 3 is 2.84 bits per heavy atom. The first-order valence-corrected chi connectivity index (χ1v) is 7.01. The maximum atomic E-state index is 11.3. The first kappa shape index (κ1) is 13.6. The Labute approximate surface area is 122 Å². The molecule has 1 aromatic carbocycles. The van der Waals surface area contributed by atoms with Crippen molar-refractivity contribution < 1.29 is 9.90 Å². The number of carboxylic acids is 1. The van der Waals surface area contributed by atoms with E-state index in [-0.39, 0.29) is 0 Å². The molecule has 1 aromatic heterocycles. The monoisotopic (exact) mass is 336 g/mol. The molecule has 96 valence electrons. The Morgan fingerprint density at radius 1 is 1.47 bits per heavy atom. The van der Waals surface area contributed by atoms with Crippen LogP contribution in [0.25, 0.3) is 0 Å². The molecule has 2 N–H and O–H groups in total. The van der Waals surface area contributed by atoms with Gasteiger partial charge in [-0.05, 0) is 29.6 Å². The molecule has 0 spiro atoms. The summed E-state index contributed by atoms with van der Waals surface area (Å²) in [5.41, 5.74) is 0.906. The van der Waals surface area contributed by atoms with E-state index in [1.54, 1.807) is 30.3 Å². The summed E-state index contributed by atoms with van der Waals surface area (Å²) in [6.45, 7) is 0. The van der Waals surface area contributed by atoms with Crippen molar-refractivity contribution in [1.82, 2.24) is 0 Å². The molecule has 0 amide bonds. The molecule has 6 heteroatoms. The number of carboxylic acid groups (broad SMARTS) is 1. The zero-order chi connectivity index (χ0) is 13.8. The van der Waals surface area contributed by atoms with E-state index in [0.29, 0.717) is 16.1 Å². The third-order valence-corrected chi connectivity index (χ3v) is 3.91. The highest BCUT2D eigenvalue weighted by atomic mass is 79.9. The van der Waals surface area contributed by atoms with Crippen LogP contribution in [0.3, 0.4) is 0 Å². The smallest absolute Gasteiger partial charge is 0.331 e. The number of benzene rings is 1. The van der Waals surface area contributed by atoms with Crippen LogP contribution in [0.4, 0.5) is 5.69 Å². The second-order valence-corrected chi connectivity index (χ2v) is 5.63. The highest BCUT2D eigenvalue weighted by molar-refractivity contribution is 9.10. The van der Waals surface area contributed by atoms with Gasteiger partial charge in [0.05, 0.1) is 11.3 Å². The molecule has 1 atom stereocenters. The third kappa shape index (κ3) is 3.13. The molecular formula is C13H9BrN2O2S. The number of nitrogens with zero attached hydrogens (tertiary/aromatic N) is 1. The van der Waals surface area contributed by atoms with Crippen molar-refractivity contribution in [3.63, 3.8) is 0 Å². The molecule has 0 fully saturated rings. The highest BCUT2D eigenvalue weighted by Crippen LogP contribution is 2.27. The molecule has 0 saturated heterocycles. The summed E-state index contributed by atoms with van der Waals surface area (Å²) in [5.74, 6) is -0.980. The summed E-state index contributed by atoms with van der Waals surface area (Å²) in [7, 11) is 0. The molecule has 2 aromatic rings. The van der Waals surface area contributed by atoms with Gasteiger partial charge in [0.1, 0.15) is 6.07 Å². The Balaban J connectivity index is 2.35. The highest BCUT2D eigenvalue weighted by Gasteiger charge is 2.21. The lowest BCUT2D eigenvalue weighted by Gasteiger charge is -2.15. The molecule has 0 saturated carbocycles. The minimum absolute atomic E-state index is 0.408. The topological polar surface area (TPSA) is 73.1 Å². The van der Waals surface area contributed by atoms with Crippen molar-refractivity contribution >= 4 is 38.9 Å². The van der Waals surface area contributed by atoms with Gasteiger partial charge in [-0.3, -0.25) is 0 Å². The Kier molecular flexibility index (Phi) is 4.20. The van der Waals surface area contributed by atoms with Crippen LogP contribution in [0.5, 0.6) is 0 Å². The van der Waals surface area contributed by atoms with Gasteiger partial charge in [-0.25, -0.2) is 4.79 Å². The second kappa shape index (κ2) is 5.87. The fourth-order valence-corrected chi connectivity index (χ4v) is 2.73. The number of nitrogens with one attached hydrogen (secondary N) is 1. The number of rotatable bonds is 4. The molecule has 0 aliphatic carbocycles. The van der Waals surface area contributed by atoms with Gasteiger partial charge >= 0.3 is 5.97 Å². The van der Waals surface area contributed by atoms with Crippen LogP contribution in [0.15, 0.2) is 40.2 Å². The SMILES string of the molecule is N#Cc1ccc(Br)cc1NC(C(=O)O)c1cccs1. The number of thiophene rings is 1. The van der Waals surface area contributed by atoms with Crippen molar-refractivity contribution in [2.24, 2.45) is 0 Å². The van der Waals surface area contributed by atoms with E-state index >= 15 is 0 Å². The number of nitriles is 1. The van der Waals surface area contributed by atoms with Crippen LogP contribution in [-0.4, -0.2) is 11.1 Å². The van der Waals surface area contributed by atoms with E-state index in [1.807, 2.05) is 11.4 Å². The Hall–Kier alpha value is -1.84. The van der Waals surface area contributed by atoms with Crippen LogP contribution in [-0.2, 0) is 4.79 Å². The fraction of sp³-hybridized carbons (Fsp3) is 0.0769. The molecule has 0 radical (unpaired) electrons. The molecule has 2 rings (SSSR count). The summed E-state index contributed by atoms with van der Waals surface area (Å²) in [5, 5.41) is 23.0. The van der Waals surface area contributed by atoms with Gasteiger partial charge in [0.15, 0.2) is 6.04 Å². The average molecular weight is 337 g/mol. The molecule has 1 heterocycles. The molecule has 19 heavy (non-hydrogen) atoms. The van der Waals surface area contributed by atoms with Crippen molar-refractivity contribution in [3.8, 4) is 6.07 Å². The lowest BCUT2D eigenvalue weighted by Crippen LogP contribution is -2.19. The fourth-order valence-electron chi connectivity index (χ4n) is 1.60. The van der Waals surface area contributed by atoms with Crippen LogP contribution in [0.1, 0.15) is 16.5 Å². The van der Waals surface area contributed by atoms with Gasteiger partial charge in [0.25, 0.3) is 0 Å². The molecule has 0 aliphatic heterocycles. The zero-order valence-corrected chi connectivity index (χ0v) is 12.0. The van der Waals surface area contributed by atoms with Gasteiger partial charge in [-0.1, -0.05) is 22.0 Å². The zero-order valence-electron chi connectivity index (χ0n) is 9.63. The third-order valence-electron chi connectivity index (χ3n) is 2.48. The van der Waals surface area contributed by atoms with E-state index in [2.05, 4.69) is 21.2 Å². The lowest BCUT2D eigenvalue weighted by atomic mass is 10.1. The predicted octanol–water partition coefficient (Wildman–Crippen LogP) is 3.62. The number of halogens is 1. The second-order valence-electron chi connectivity index (χ2n) is 3.73. The van der Waals surface area contributed by atoms with Gasteiger partial charge in [0, 0.05) is 9.35 Å². The lowest BCUT2D eigenvalue weighted by molar-refractivity contribution is -0.138. The van der Waals surface area contributed by atoms with Crippen molar-refractivity contribution in [3.05, 3.63) is 50.6 Å². The number of carbonyl (C=O) groups is 1. The first-order chi connectivity index (χ1) is 9.11. The molecule has 4 nitrogen and oxygen atoms in total. The van der Waals surface area contributed by atoms with E-state index in [9.17, 15) is 9.90 Å². The Morgan fingerprint density at radius 2 is 2.26 bits per heavy atom. The first-order valence-electron chi connectivity index (χ1n) is 5.34. The molecular weight excluding hydrogens is 328 g/mol. The van der Waals surface area contributed by atoms with Crippen molar-refractivity contribution in [2.75, 3.05) is 5.32 Å². The van der Waals surface area contributed by atoms with Gasteiger partial charge < -0.3 is 10.4 Å². The van der Waals surface area contributed by atoms with Crippen LogP contribution < -0.4 is 5.32 Å². The number of aliphatic carboxylic acids is 1. The van der Waals surface area contributed by atoms with Crippen LogP contribution in [0.2, 0.25) is 0 Å². The van der Waals surface area contributed by atoms with E-state index < -0.39 is 12.0 Å². The maximum Gasteiger partial charge on any atom is 0.331 e. The summed E-state index contributed by atoms with van der Waals surface area (Å²) >= 11 is 4.67. The summed E-state index contributed by atoms with van der Waals surface area (Å²) in [6, 6.07) is 9.80. The number of hydrogen-bond donors (Lipinski definition) is 2. The predicted molar refractivity (Wildman–Crippen MR) is 77.2 cm³/mol. The minimum Gasteiger partial charge on any atom is -0.479 e. The van der Waals surface area contributed by atoms with Crippen LogP contribution >= 0.6 is 27.3 Å². The standard InChI is InChI=1S/C13H9BrN2O2S/c14-9-4-3-8(7-15)10(6-9)16-12(13(17)18)11-2-1-5-19-11/h1-6,12,16H,(H,17,18). The van der Waals surface area contributed by atoms with E-state index in [4.69, 9.17) is 5.26 Å². The van der Waals surface area contributed by atoms with Gasteiger partial charge in [-0.15, -0.1) is 11.3 Å². The minimum atomic E-state index is -0.980. The summed E-state index contributed by atoms with van der Waals surface area (Å²) in [6.07, 6.45) is 0. The van der Waals surface area contributed by atoms with Gasteiger partial charge in [0.2, 0.25) is 0 Å². The van der Waals surface area contributed by atoms with E-state index in [1.165, 1.54) is 11.3 Å². The number of anilines is 1. The molecule has 0 aliphatic rings. The van der Waals surface area contributed by atoms with Crippen molar-refractivity contribution in [1.29, 1.82) is 5.26 Å². The largest absolute Gasteiger partial charge is 0.479 e. The van der Waals surface area contributed by atoms with E-state index in [0.717, 1.165) is 4.47 Å². The molecule has 1 unspecified atom stereocenters. The number of hydrogen-bond acceptors (Lipinski definition) is 4. The van der Waals surface area contributed by atoms with Gasteiger partial charge in [-0.2, -0.15) is 5.26 Å². The van der Waals surface area contributed by atoms with Crippen LogP contribution in [0, 0.1) is 11.3 Å². The quantitative estimate of drug-likeness (QED) is 0.894. The summed E-state index contributed by atoms with van der Waals surface area (Å²) < 4.78 is 0.782. The molecule has 0 bridgehead atoms. The average Bonchev–Trinajstić information content (AvgIpc) is 2.89. The Bertz CT molecular complexity index is 635. The van der Waals surface area contributed by atoms with Crippen molar-refractivity contribution in [2.45, 2.75) is 6.04 Å². The normalized spacial score (nSPS) is 11.6. The summed E-state index contributed by atoms with van der Waals surface area (Å²) in [4.78, 5) is 12.0. The maximum absolute atomic E-state index is 11.3.